The summed E-state index contributed by atoms with van der Waals surface area (Å²) in [4.78, 5) is 15.7. The van der Waals surface area contributed by atoms with Crippen LogP contribution in [0.1, 0.15) is 36.4 Å². The second-order valence-electron chi connectivity index (χ2n) is 7.41. The number of morpholine rings is 1. The van der Waals surface area contributed by atoms with Gasteiger partial charge < -0.3 is 9.64 Å². The minimum Gasteiger partial charge on any atom is -0.377 e. The molecule has 4 heterocycles. The van der Waals surface area contributed by atoms with Gasteiger partial charge in [-0.15, -0.1) is 0 Å². The van der Waals surface area contributed by atoms with E-state index in [1.807, 2.05) is 19.1 Å². The third-order valence-electron chi connectivity index (χ3n) is 5.23. The summed E-state index contributed by atoms with van der Waals surface area (Å²) in [6.07, 6.45) is 1.25. The van der Waals surface area contributed by atoms with Crippen molar-refractivity contribution in [3.8, 4) is 11.4 Å². The first-order chi connectivity index (χ1) is 13.3. The third-order valence-corrected chi connectivity index (χ3v) is 7.63. The van der Waals surface area contributed by atoms with Crippen molar-refractivity contribution in [2.75, 3.05) is 30.4 Å². The van der Waals surface area contributed by atoms with Gasteiger partial charge in [-0.25, -0.2) is 23.4 Å². The Morgan fingerprint density at radius 2 is 2.04 bits per heavy atom. The molecule has 2 atom stereocenters. The molecule has 2 aromatic heterocycles. The quantitative estimate of drug-likeness (QED) is 0.703. The van der Waals surface area contributed by atoms with Crippen LogP contribution in [-0.4, -0.2) is 54.9 Å². The number of pyridine rings is 1. The van der Waals surface area contributed by atoms with Crippen molar-refractivity contribution >= 4 is 27.3 Å². The molecule has 0 bridgehead atoms. The number of anilines is 1. The first kappa shape index (κ1) is 19.5. The predicted octanol–water partition coefficient (Wildman–Crippen LogP) is 2.98. The molecular weight excluding hydrogens is 400 g/mol. The highest BCUT2D eigenvalue weighted by atomic mass is 35.5. The van der Waals surface area contributed by atoms with E-state index in [-0.39, 0.29) is 11.8 Å². The van der Waals surface area contributed by atoms with Gasteiger partial charge in [-0.05, 0) is 38.8 Å². The highest BCUT2D eigenvalue weighted by Crippen LogP contribution is 2.36. The lowest BCUT2D eigenvalue weighted by atomic mass is 10.1. The van der Waals surface area contributed by atoms with Gasteiger partial charge in [0.2, 0.25) is 0 Å². The lowest BCUT2D eigenvalue weighted by Gasteiger charge is -2.34. The maximum atomic E-state index is 12.5. The van der Waals surface area contributed by atoms with Crippen LogP contribution in [0.5, 0.6) is 0 Å². The molecule has 7 nitrogen and oxygen atoms in total. The second-order valence-corrected chi connectivity index (χ2v) is 10.1. The van der Waals surface area contributed by atoms with Crippen molar-refractivity contribution in [3.63, 3.8) is 0 Å². The van der Waals surface area contributed by atoms with Crippen molar-refractivity contribution in [2.24, 2.45) is 0 Å². The average Bonchev–Trinajstić information content (AvgIpc) is 3.00. The lowest BCUT2D eigenvalue weighted by molar-refractivity contribution is 0.0985. The smallest absolute Gasteiger partial charge is 0.161 e. The number of nitrogens with zero attached hydrogens (tertiary/aromatic N) is 4. The van der Waals surface area contributed by atoms with Crippen LogP contribution in [0.2, 0.25) is 5.15 Å². The fraction of sp³-hybridized carbons (Fsp3) is 0.526. The van der Waals surface area contributed by atoms with E-state index in [2.05, 4.69) is 21.8 Å². The van der Waals surface area contributed by atoms with Gasteiger partial charge in [0.1, 0.15) is 16.2 Å². The van der Waals surface area contributed by atoms with E-state index in [0.29, 0.717) is 49.3 Å². The summed E-state index contributed by atoms with van der Waals surface area (Å²) < 4.78 is 30.6. The van der Waals surface area contributed by atoms with E-state index >= 15 is 0 Å². The van der Waals surface area contributed by atoms with Crippen molar-refractivity contribution in [2.45, 2.75) is 38.0 Å². The molecule has 9 heteroatoms. The summed E-state index contributed by atoms with van der Waals surface area (Å²) in [6, 6.07) is 5.55. The molecule has 2 aliphatic rings. The molecular formula is C19H23ClN4O3S. The molecule has 2 aliphatic heterocycles. The number of sulfone groups is 1. The number of aromatic nitrogens is 3. The van der Waals surface area contributed by atoms with E-state index in [4.69, 9.17) is 21.3 Å². The van der Waals surface area contributed by atoms with E-state index in [9.17, 15) is 8.42 Å². The van der Waals surface area contributed by atoms with E-state index in [1.165, 1.54) is 0 Å². The Balaban J connectivity index is 1.85. The van der Waals surface area contributed by atoms with Crippen LogP contribution in [0.25, 0.3) is 11.4 Å². The lowest BCUT2D eigenvalue weighted by Crippen LogP contribution is -2.44. The Hall–Kier alpha value is -1.77. The van der Waals surface area contributed by atoms with Gasteiger partial charge in [-0.3, -0.25) is 0 Å². The number of hydrogen-bond acceptors (Lipinski definition) is 7. The van der Waals surface area contributed by atoms with Crippen LogP contribution in [0.4, 0.5) is 5.82 Å². The molecule has 0 radical (unpaired) electrons. The molecule has 4 rings (SSSR count). The first-order valence-electron chi connectivity index (χ1n) is 9.43. The van der Waals surface area contributed by atoms with Gasteiger partial charge in [0.25, 0.3) is 0 Å². The largest absolute Gasteiger partial charge is 0.377 e. The Morgan fingerprint density at radius 1 is 1.21 bits per heavy atom. The highest BCUT2D eigenvalue weighted by Gasteiger charge is 2.35. The molecule has 2 saturated heterocycles. The van der Waals surface area contributed by atoms with Crippen molar-refractivity contribution in [1.29, 1.82) is 0 Å². The van der Waals surface area contributed by atoms with Gasteiger partial charge in [-0.1, -0.05) is 11.6 Å². The number of rotatable bonds is 3. The maximum Gasteiger partial charge on any atom is 0.161 e. The molecule has 0 amide bonds. The summed E-state index contributed by atoms with van der Waals surface area (Å²) in [7, 11) is -3.19. The molecule has 0 aromatic carbocycles. The van der Waals surface area contributed by atoms with Crippen molar-refractivity contribution < 1.29 is 13.2 Å². The SMILES string of the molecule is Cc1cc(-c2nc([C@@H]3CCCS3(=O)=O)cc(N3CCOC[C@H]3C)n2)cc(Cl)n1. The van der Waals surface area contributed by atoms with Gasteiger partial charge in [0.05, 0.1) is 30.7 Å². The van der Waals surface area contributed by atoms with Crippen LogP contribution in [-0.2, 0) is 14.6 Å². The number of aryl methyl sites for hydroxylation is 1. The first-order valence-corrected chi connectivity index (χ1v) is 11.5. The highest BCUT2D eigenvalue weighted by molar-refractivity contribution is 7.91. The zero-order valence-corrected chi connectivity index (χ0v) is 17.5. The van der Waals surface area contributed by atoms with E-state index in [0.717, 1.165) is 17.1 Å². The van der Waals surface area contributed by atoms with E-state index in [1.54, 1.807) is 6.07 Å². The fourth-order valence-electron chi connectivity index (χ4n) is 3.84. The standard InChI is InChI=1S/C19H23ClN4O3S/c1-12-8-14(9-17(20)21-12)19-22-15(16-4-3-7-28(16,25)26)10-18(23-19)24-5-6-27-11-13(24)2/h8-10,13,16H,3-7,11H2,1-2H3/t13-,16+/m1/s1. The van der Waals surface area contributed by atoms with Crippen molar-refractivity contribution in [3.05, 3.63) is 34.7 Å². The predicted molar refractivity (Wildman–Crippen MR) is 108 cm³/mol. The maximum absolute atomic E-state index is 12.5. The van der Waals surface area contributed by atoms with Crippen molar-refractivity contribution in [1.82, 2.24) is 15.0 Å². The van der Waals surface area contributed by atoms with Gasteiger partial charge >= 0.3 is 0 Å². The minimum absolute atomic E-state index is 0.146. The molecule has 150 valence electrons. The number of halogens is 1. The zero-order chi connectivity index (χ0) is 19.9. The molecule has 0 saturated carbocycles. The second kappa shape index (κ2) is 7.57. The zero-order valence-electron chi connectivity index (χ0n) is 15.9. The summed E-state index contributed by atoms with van der Waals surface area (Å²) in [6.45, 7) is 5.84. The third kappa shape index (κ3) is 3.86. The van der Waals surface area contributed by atoms with Gasteiger partial charge in [0.15, 0.2) is 15.7 Å². The summed E-state index contributed by atoms with van der Waals surface area (Å²) in [5.41, 5.74) is 2.05. The molecule has 0 aliphatic carbocycles. The summed E-state index contributed by atoms with van der Waals surface area (Å²) in [5.74, 6) is 1.41. The van der Waals surface area contributed by atoms with Gasteiger partial charge in [-0.2, -0.15) is 0 Å². The van der Waals surface area contributed by atoms with Gasteiger partial charge in [0, 0.05) is 23.9 Å². The number of hydrogen-bond donors (Lipinski definition) is 0. The van der Waals surface area contributed by atoms with Crippen LogP contribution >= 0.6 is 11.6 Å². The summed E-state index contributed by atoms with van der Waals surface area (Å²) in [5, 5.41) is -0.221. The number of ether oxygens (including phenoxy) is 1. The summed E-state index contributed by atoms with van der Waals surface area (Å²) >= 11 is 6.13. The fourth-order valence-corrected chi connectivity index (χ4v) is 5.96. The topological polar surface area (TPSA) is 85.3 Å². The van der Waals surface area contributed by atoms with Crippen LogP contribution in [0.15, 0.2) is 18.2 Å². The molecule has 0 N–H and O–H groups in total. The molecule has 0 spiro atoms. The van der Waals surface area contributed by atoms with Crippen LogP contribution in [0, 0.1) is 6.92 Å². The Labute approximate surface area is 170 Å². The Morgan fingerprint density at radius 3 is 2.71 bits per heavy atom. The van der Waals surface area contributed by atoms with Crippen LogP contribution < -0.4 is 4.90 Å². The van der Waals surface area contributed by atoms with Crippen LogP contribution in [0.3, 0.4) is 0 Å². The molecule has 2 fully saturated rings. The minimum atomic E-state index is -3.19. The molecule has 0 unspecified atom stereocenters. The normalized spacial score (nSPS) is 24.5. The Bertz CT molecular complexity index is 978. The van der Waals surface area contributed by atoms with E-state index < -0.39 is 15.1 Å². The Kier molecular flexibility index (Phi) is 5.28. The monoisotopic (exact) mass is 422 g/mol. The molecule has 28 heavy (non-hydrogen) atoms. The molecule has 2 aromatic rings. The average molecular weight is 423 g/mol.